The second kappa shape index (κ2) is 8.44. The molecule has 0 saturated carbocycles. The summed E-state index contributed by atoms with van der Waals surface area (Å²) in [5.41, 5.74) is 1.78. The van der Waals surface area contributed by atoms with Gasteiger partial charge in [-0.05, 0) is 12.5 Å². The van der Waals surface area contributed by atoms with Crippen molar-refractivity contribution in [2.75, 3.05) is 33.3 Å². The van der Waals surface area contributed by atoms with Gasteiger partial charge in [0.05, 0.1) is 19.3 Å². The first kappa shape index (κ1) is 19.4. The van der Waals surface area contributed by atoms with E-state index in [1.165, 1.54) is 11.4 Å². The molecule has 0 aromatic heterocycles. The molecule has 0 aliphatic carbocycles. The molecule has 0 radical (unpaired) electrons. The summed E-state index contributed by atoms with van der Waals surface area (Å²) >= 11 is 0. The molecule has 2 rings (SSSR count). The minimum atomic E-state index is -3.41. The summed E-state index contributed by atoms with van der Waals surface area (Å²) in [6, 6.07) is 7.44. The van der Waals surface area contributed by atoms with Gasteiger partial charge in [0.15, 0.2) is 0 Å². The van der Waals surface area contributed by atoms with Gasteiger partial charge < -0.3 is 9.64 Å². The molecular weight excluding hydrogens is 344 g/mol. The van der Waals surface area contributed by atoms with Crippen molar-refractivity contribution in [3.8, 4) is 0 Å². The molecule has 0 N–H and O–H groups in total. The Hall–Kier alpha value is -1.93. The van der Waals surface area contributed by atoms with Crippen molar-refractivity contribution >= 4 is 21.9 Å². The number of hydrogen-bond donors (Lipinski definition) is 0. The van der Waals surface area contributed by atoms with Crippen LogP contribution in [-0.2, 0) is 30.1 Å². The van der Waals surface area contributed by atoms with Gasteiger partial charge in [-0.3, -0.25) is 9.59 Å². The molecule has 1 aromatic rings. The van der Waals surface area contributed by atoms with E-state index in [0.29, 0.717) is 13.1 Å². The van der Waals surface area contributed by atoms with Crippen molar-refractivity contribution < 1.29 is 22.7 Å². The van der Waals surface area contributed by atoms with E-state index in [2.05, 4.69) is 4.74 Å². The number of rotatable bonds is 6. The normalized spacial score (nSPS) is 15.8. The SMILES string of the molecule is COC(=O)CCC(=O)N1CCN(S(=O)(=O)Cc2cccc(C)c2)CC1. The monoisotopic (exact) mass is 368 g/mol. The first-order valence-corrected chi connectivity index (χ1v) is 9.80. The predicted octanol–water partition coefficient (Wildman–Crippen LogP) is 0.922. The van der Waals surface area contributed by atoms with E-state index in [0.717, 1.165) is 11.1 Å². The highest BCUT2D eigenvalue weighted by Gasteiger charge is 2.29. The third kappa shape index (κ3) is 5.54. The Balaban J connectivity index is 1.88. The summed E-state index contributed by atoms with van der Waals surface area (Å²) in [5, 5.41) is 0. The van der Waals surface area contributed by atoms with Crippen LogP contribution in [0, 0.1) is 6.92 Å². The predicted molar refractivity (Wildman–Crippen MR) is 93.2 cm³/mol. The lowest BCUT2D eigenvalue weighted by molar-refractivity contribution is -0.143. The average molecular weight is 368 g/mol. The number of carbonyl (C=O) groups excluding carboxylic acids is 2. The lowest BCUT2D eigenvalue weighted by Gasteiger charge is -2.34. The third-order valence-corrected chi connectivity index (χ3v) is 6.04. The van der Waals surface area contributed by atoms with Crippen molar-refractivity contribution in [3.63, 3.8) is 0 Å². The topological polar surface area (TPSA) is 84.0 Å². The van der Waals surface area contributed by atoms with Crippen molar-refractivity contribution in [2.45, 2.75) is 25.5 Å². The van der Waals surface area contributed by atoms with Crippen LogP contribution in [0.4, 0.5) is 0 Å². The standard InChI is InChI=1S/C17H24N2O5S/c1-14-4-3-5-15(12-14)13-25(22,23)19-10-8-18(9-11-19)16(20)6-7-17(21)24-2/h3-5,12H,6-11,13H2,1-2H3. The number of aryl methyl sites for hydroxylation is 1. The van der Waals surface area contributed by atoms with Crippen LogP contribution in [0.2, 0.25) is 0 Å². The van der Waals surface area contributed by atoms with Crippen LogP contribution in [-0.4, -0.2) is 62.8 Å². The van der Waals surface area contributed by atoms with Gasteiger partial charge in [-0.25, -0.2) is 8.42 Å². The molecule has 1 aliphatic rings. The number of nitrogens with zero attached hydrogens (tertiary/aromatic N) is 2. The summed E-state index contributed by atoms with van der Waals surface area (Å²) in [6.45, 7) is 3.16. The molecule has 138 valence electrons. The molecule has 0 bridgehead atoms. The summed E-state index contributed by atoms with van der Waals surface area (Å²) in [4.78, 5) is 24.8. The first-order chi connectivity index (χ1) is 11.8. The van der Waals surface area contributed by atoms with Crippen molar-refractivity contribution in [1.82, 2.24) is 9.21 Å². The average Bonchev–Trinajstić information content (AvgIpc) is 2.59. The first-order valence-electron chi connectivity index (χ1n) is 8.20. The molecule has 1 aliphatic heterocycles. The zero-order chi connectivity index (χ0) is 18.4. The number of carbonyl (C=O) groups is 2. The lowest BCUT2D eigenvalue weighted by Crippen LogP contribution is -2.50. The molecule has 1 amide bonds. The molecule has 0 spiro atoms. The number of benzene rings is 1. The maximum atomic E-state index is 12.6. The van der Waals surface area contributed by atoms with Gasteiger partial charge in [0.2, 0.25) is 15.9 Å². The van der Waals surface area contributed by atoms with Crippen LogP contribution < -0.4 is 0 Å². The highest BCUT2D eigenvalue weighted by atomic mass is 32.2. The minimum Gasteiger partial charge on any atom is -0.469 e. The maximum absolute atomic E-state index is 12.6. The Morgan fingerprint density at radius 1 is 1.12 bits per heavy atom. The molecule has 0 unspecified atom stereocenters. The van der Waals surface area contributed by atoms with Crippen molar-refractivity contribution in [3.05, 3.63) is 35.4 Å². The molecule has 1 fully saturated rings. The van der Waals surface area contributed by atoms with Crippen LogP contribution in [0.1, 0.15) is 24.0 Å². The van der Waals surface area contributed by atoms with E-state index in [9.17, 15) is 18.0 Å². The largest absolute Gasteiger partial charge is 0.469 e. The molecule has 1 heterocycles. The van der Waals surface area contributed by atoms with Gasteiger partial charge in [-0.1, -0.05) is 29.8 Å². The number of sulfonamides is 1. The highest BCUT2D eigenvalue weighted by molar-refractivity contribution is 7.88. The molecule has 25 heavy (non-hydrogen) atoms. The Bertz CT molecular complexity index is 724. The molecule has 1 saturated heterocycles. The van der Waals surface area contributed by atoms with Crippen LogP contribution >= 0.6 is 0 Å². The molecule has 7 nitrogen and oxygen atoms in total. The Morgan fingerprint density at radius 3 is 2.40 bits per heavy atom. The smallest absolute Gasteiger partial charge is 0.306 e. The summed E-state index contributed by atoms with van der Waals surface area (Å²) in [6.07, 6.45) is 0.129. The maximum Gasteiger partial charge on any atom is 0.306 e. The summed E-state index contributed by atoms with van der Waals surface area (Å²) in [5.74, 6) is -0.612. The number of methoxy groups -OCH3 is 1. The zero-order valence-corrected chi connectivity index (χ0v) is 15.4. The quantitative estimate of drug-likeness (QED) is 0.697. The molecule has 0 atom stereocenters. The number of ether oxygens (including phenoxy) is 1. The minimum absolute atomic E-state index is 0.0367. The number of piperazine rings is 1. The fourth-order valence-corrected chi connectivity index (χ4v) is 4.29. The summed E-state index contributed by atoms with van der Waals surface area (Å²) < 4.78 is 31.1. The Morgan fingerprint density at radius 2 is 1.80 bits per heavy atom. The van der Waals surface area contributed by atoms with Crippen molar-refractivity contribution in [1.29, 1.82) is 0 Å². The van der Waals surface area contributed by atoms with Gasteiger partial charge in [-0.15, -0.1) is 0 Å². The number of amides is 1. The fourth-order valence-electron chi connectivity index (χ4n) is 2.79. The van der Waals surface area contributed by atoms with Gasteiger partial charge in [0.25, 0.3) is 0 Å². The highest BCUT2D eigenvalue weighted by Crippen LogP contribution is 2.15. The van der Waals surface area contributed by atoms with Crippen LogP contribution in [0.5, 0.6) is 0 Å². The molecular formula is C17H24N2O5S. The number of esters is 1. The number of hydrogen-bond acceptors (Lipinski definition) is 5. The van der Waals surface area contributed by atoms with E-state index >= 15 is 0 Å². The zero-order valence-electron chi connectivity index (χ0n) is 14.6. The molecule has 8 heteroatoms. The summed E-state index contributed by atoms with van der Waals surface area (Å²) in [7, 11) is -2.13. The van der Waals surface area contributed by atoms with Gasteiger partial charge in [-0.2, -0.15) is 4.31 Å². The van der Waals surface area contributed by atoms with Gasteiger partial charge >= 0.3 is 5.97 Å². The van der Waals surface area contributed by atoms with Gasteiger partial charge in [0.1, 0.15) is 0 Å². The van der Waals surface area contributed by atoms with Crippen LogP contribution in [0.3, 0.4) is 0 Å². The van der Waals surface area contributed by atoms with E-state index in [4.69, 9.17) is 0 Å². The van der Waals surface area contributed by atoms with E-state index < -0.39 is 16.0 Å². The van der Waals surface area contributed by atoms with E-state index in [-0.39, 0.29) is 37.6 Å². The lowest BCUT2D eigenvalue weighted by atomic mass is 10.2. The second-order valence-corrected chi connectivity index (χ2v) is 8.07. The Kier molecular flexibility index (Phi) is 6.55. The van der Waals surface area contributed by atoms with E-state index in [1.54, 1.807) is 11.0 Å². The third-order valence-electron chi connectivity index (χ3n) is 4.19. The van der Waals surface area contributed by atoms with Gasteiger partial charge in [0, 0.05) is 32.6 Å². The van der Waals surface area contributed by atoms with Crippen LogP contribution in [0.25, 0.3) is 0 Å². The van der Waals surface area contributed by atoms with Crippen molar-refractivity contribution in [2.24, 2.45) is 0 Å². The molecule has 1 aromatic carbocycles. The fraction of sp³-hybridized carbons (Fsp3) is 0.529. The van der Waals surface area contributed by atoms with Crippen LogP contribution in [0.15, 0.2) is 24.3 Å². The Labute approximate surface area is 148 Å². The van der Waals surface area contributed by atoms with E-state index in [1.807, 2.05) is 25.1 Å². The second-order valence-electron chi connectivity index (χ2n) is 6.10.